The van der Waals surface area contributed by atoms with Crippen LogP contribution in [0.4, 0.5) is 13.2 Å². The molecule has 0 spiro atoms. The molecule has 15 rings (SSSR count). The second-order valence-electron chi connectivity index (χ2n) is 31.4. The summed E-state index contributed by atoms with van der Waals surface area (Å²) in [6.07, 6.45) is 18.3. The molecule has 10 heterocycles. The van der Waals surface area contributed by atoms with Crippen molar-refractivity contribution >= 4 is 106 Å². The van der Waals surface area contributed by atoms with Crippen molar-refractivity contribution < 1.29 is 167 Å². The lowest BCUT2D eigenvalue weighted by molar-refractivity contribution is 0.220. The van der Waals surface area contributed by atoms with E-state index in [1.54, 1.807) is 146 Å². The molecule has 10 aromatic heterocycles. The molecule has 0 aliphatic rings. The predicted octanol–water partition coefficient (Wildman–Crippen LogP) is 8.52. The number of ether oxygens (including phenoxy) is 6. The number of nitrogens with zero attached hydrogens (tertiary/aromatic N) is 2. The van der Waals surface area contributed by atoms with E-state index in [2.05, 4.69) is 59.4 Å². The van der Waals surface area contributed by atoms with Crippen LogP contribution in [0, 0.1) is 20.8 Å². The molecular formula is C105H107F3N4O33S3. The Labute approximate surface area is 843 Å². The van der Waals surface area contributed by atoms with Gasteiger partial charge in [-0.05, 0) is 166 Å². The third-order valence-corrected chi connectivity index (χ3v) is 24.4. The van der Waals surface area contributed by atoms with Crippen molar-refractivity contribution in [3.05, 3.63) is 298 Å². The van der Waals surface area contributed by atoms with Gasteiger partial charge >= 0.3 is 0 Å². The molecular weight excluding hydrogens is 2000 g/mol. The normalized spacial score (nSPS) is 12.1. The van der Waals surface area contributed by atoms with E-state index < -0.39 is 50.4 Å². The molecule has 15 aromatic rings. The zero-order chi connectivity index (χ0) is 107. The van der Waals surface area contributed by atoms with Gasteiger partial charge in [-0.3, -0.25) is 22.5 Å². The lowest BCUT2D eigenvalue weighted by Crippen LogP contribution is -2.13. The van der Waals surface area contributed by atoms with Crippen LogP contribution in [-0.2, 0) is 81.4 Å². The van der Waals surface area contributed by atoms with E-state index in [1.165, 1.54) is 48.8 Å². The first-order chi connectivity index (χ1) is 70.6. The van der Waals surface area contributed by atoms with Crippen LogP contribution in [0.15, 0.2) is 224 Å². The Morgan fingerprint density at radius 3 is 0.764 bits per heavy atom. The zero-order valence-electron chi connectivity index (χ0n) is 79.9. The Bertz CT molecular complexity index is 7720. The van der Waals surface area contributed by atoms with Gasteiger partial charge in [0.2, 0.25) is 69.0 Å². The van der Waals surface area contributed by atoms with E-state index in [-0.39, 0.29) is 208 Å². The molecule has 0 unspecified atom stereocenters. The van der Waals surface area contributed by atoms with Crippen LogP contribution in [0.3, 0.4) is 0 Å². The van der Waals surface area contributed by atoms with Crippen LogP contribution in [0.5, 0.6) is 103 Å². The maximum atomic E-state index is 12.1. The number of H-pyrrole nitrogens is 2. The average molecular weight is 2110 g/mol. The minimum atomic E-state index is -3.83. The van der Waals surface area contributed by atoms with Crippen molar-refractivity contribution in [1.29, 1.82) is 0 Å². The summed E-state index contributed by atoms with van der Waals surface area (Å²) in [7, 11) is -11.5. The summed E-state index contributed by atoms with van der Waals surface area (Å²) < 4.78 is 186. The Morgan fingerprint density at radius 1 is 0.284 bits per heavy atom. The van der Waals surface area contributed by atoms with Gasteiger partial charge in [-0.25, -0.2) is 13.2 Å². The topological polar surface area (TPSA) is 564 Å². The standard InChI is InChI=1S/C22H22O7S.C21H21NO7S.C20H21NO7S.C15H15FO4.C14H14FNO4.C13H14FNO4/c1-15-3-10-19(11-4-15)30(25,26)28-14-13-27-18-8-5-17(6-9-18)7-12-20-22(24)21(23)16(2)29-20;1-14-3-8-18(9-4-14)30(25,26)28-12-11-27-17-7-5-16(22-13-17)6-10-19-21(24)20(23)15(2)29-19;1-13-3-6-17(7-4-13)29(24,25)27-10-9-26-16-11-15(21-12-16)5-8-18-20(23)19(22)14(2)28-18;1-10-14(17)15(18)13(20-10)7-4-11-2-5-12(6-3-11)19-9-8-16;1-9-13(17)14(18)12(20-9)5-3-10-2-4-11(8-16-10)19-7-6-15;1-8-12(16)13(17)11(19-8)3-2-9-6-10(7-15-9)18-5-4-14/h3-6,8-12,23-24H,2,7,13-14H2,1H3;3-5,7-10,13,23-24H,2,6,11-12H2,1H3;3-4,6-8,11-12,21-23H,2,5,9-10H2,1H3;2-3,5-7,17-18H,1,4,8-9H2;2,4-5,8,17-18H,1,3,6-7H2;3,6-7,15-17H,1-2,4-5H2/b20-12+;19-10+;18-8+;13-7+;12-5+;11-3+. The number of furan rings is 6. The lowest BCUT2D eigenvalue weighted by atomic mass is 10.1. The van der Waals surface area contributed by atoms with Gasteiger partial charge in [0.05, 0.1) is 27.1 Å². The van der Waals surface area contributed by atoms with Crippen LogP contribution < -0.4 is 93.4 Å². The Kier molecular flexibility index (Phi) is 41.3. The Morgan fingerprint density at radius 2 is 0.514 bits per heavy atom. The van der Waals surface area contributed by atoms with Crippen LogP contribution >= 0.6 is 0 Å². The number of pyridine rings is 2. The van der Waals surface area contributed by atoms with Gasteiger partial charge in [0, 0.05) is 73.0 Å². The minimum absolute atomic E-state index is 0.00102. The molecule has 37 nitrogen and oxygen atoms in total. The number of aromatic hydroxyl groups is 12. The number of aromatic amines is 2. The third kappa shape index (κ3) is 33.5. The van der Waals surface area contributed by atoms with E-state index in [1.807, 2.05) is 45.0 Å². The van der Waals surface area contributed by atoms with Crippen LogP contribution in [0.2, 0.25) is 0 Å². The van der Waals surface area contributed by atoms with E-state index in [9.17, 15) is 99.7 Å². The quantitative estimate of drug-likeness (QED) is 0.0127. The molecule has 0 amide bonds. The van der Waals surface area contributed by atoms with Gasteiger partial charge in [0.15, 0.2) is 65.0 Å². The van der Waals surface area contributed by atoms with E-state index in [0.717, 1.165) is 39.2 Å². The Balaban J connectivity index is 0.000000184. The van der Waals surface area contributed by atoms with Crippen molar-refractivity contribution in [2.75, 3.05) is 79.5 Å². The first kappa shape index (κ1) is 113. The SMILES string of the molecule is C=c1o/c(=C/Cc2cc(OCCF)c[nH]2)c(O)c1O.C=c1o/c(=C/Cc2cc(OCCOS(=O)(=O)c3ccc(C)cc3)c[nH]2)c(O)c1O.C=c1o/c(=C/Cc2ccc(OCCF)cc2)c(O)c1O.C=c1o/c(=C/Cc2ccc(OCCF)cn2)c(O)c1O.C=c1o/c(=C/Cc2ccc(OCCOS(=O)(=O)c3ccc(C)cc3)cc2)c(O)c1O.C=c1o/c(=C/Cc2ccc(OCCOS(=O)(=O)c3ccc(C)cc3)cn2)c(O)c1O. The van der Waals surface area contributed by atoms with Gasteiger partial charge in [-0.1, -0.05) is 117 Å². The number of nitrogens with one attached hydrogen (secondary N) is 2. The summed E-state index contributed by atoms with van der Waals surface area (Å²) in [4.78, 5) is 14.6. The highest BCUT2D eigenvalue weighted by atomic mass is 32.2. The van der Waals surface area contributed by atoms with Crippen LogP contribution in [-0.4, -0.2) is 186 Å². The number of aromatic nitrogens is 4. The van der Waals surface area contributed by atoms with Crippen molar-refractivity contribution in [3.63, 3.8) is 0 Å². The van der Waals surface area contributed by atoms with Crippen molar-refractivity contribution in [2.24, 2.45) is 0 Å². The Hall–Kier alpha value is -17.0. The van der Waals surface area contributed by atoms with E-state index in [4.69, 9.17) is 67.5 Å². The molecule has 0 atom stereocenters. The second-order valence-corrected chi connectivity index (χ2v) is 36.2. The smallest absolute Gasteiger partial charge is 0.297 e. The summed E-state index contributed by atoms with van der Waals surface area (Å²) in [5, 5.41) is 114. The van der Waals surface area contributed by atoms with E-state index >= 15 is 0 Å². The maximum absolute atomic E-state index is 12.1. The average Bonchev–Trinajstić information content (AvgIpc) is 1.16. The molecule has 14 N–H and O–H groups in total. The number of aryl methyl sites for hydroxylation is 3. The fraction of sp³-hybridized carbons (Fsp3) is 0.200. The highest BCUT2D eigenvalue weighted by molar-refractivity contribution is 7.87. The van der Waals surface area contributed by atoms with Gasteiger partial charge in [-0.15, -0.1) is 0 Å². The lowest BCUT2D eigenvalue weighted by Gasteiger charge is -2.08. The molecule has 0 fully saturated rings. The monoisotopic (exact) mass is 2100 g/mol. The number of rotatable bonds is 39. The molecule has 148 heavy (non-hydrogen) atoms. The molecule has 0 saturated heterocycles. The zero-order valence-corrected chi connectivity index (χ0v) is 82.4. The van der Waals surface area contributed by atoms with Gasteiger partial charge < -0.3 is 126 Å². The molecule has 0 aliphatic heterocycles. The number of benzene rings is 5. The summed E-state index contributed by atoms with van der Waals surface area (Å²) in [6.45, 7) is 24.5. The fourth-order valence-corrected chi connectivity index (χ4v) is 15.2. The van der Waals surface area contributed by atoms with Gasteiger partial charge in [0.25, 0.3) is 30.4 Å². The molecule has 43 heteroatoms. The van der Waals surface area contributed by atoms with E-state index in [0.29, 0.717) is 84.4 Å². The molecule has 5 aromatic carbocycles. The third-order valence-electron chi connectivity index (χ3n) is 20.4. The van der Waals surface area contributed by atoms with Gasteiger partial charge in [0.1, 0.15) is 114 Å². The highest BCUT2D eigenvalue weighted by Gasteiger charge is 2.21. The summed E-state index contributed by atoms with van der Waals surface area (Å²) >= 11 is 0. The molecule has 0 saturated carbocycles. The van der Waals surface area contributed by atoms with Crippen molar-refractivity contribution in [1.82, 2.24) is 19.9 Å². The first-order valence-electron chi connectivity index (χ1n) is 44.6. The second kappa shape index (κ2) is 54.1. The first-order valence-corrected chi connectivity index (χ1v) is 48.8. The van der Waals surface area contributed by atoms with Crippen LogP contribution in [0.25, 0.3) is 75.9 Å². The number of hydrogen-bond donors (Lipinski definition) is 14. The minimum Gasteiger partial charge on any atom is -0.502 e. The fourth-order valence-electron chi connectivity index (χ4n) is 12.5. The van der Waals surface area contributed by atoms with Crippen molar-refractivity contribution in [3.8, 4) is 103 Å². The van der Waals surface area contributed by atoms with Crippen LogP contribution in [0.1, 0.15) is 50.6 Å². The number of alkyl halides is 3. The predicted molar refractivity (Wildman–Crippen MR) is 537 cm³/mol. The molecule has 0 bridgehead atoms. The summed E-state index contributed by atoms with van der Waals surface area (Å²) in [6, 6.07) is 43.7. The summed E-state index contributed by atoms with van der Waals surface area (Å²) in [5.41, 5.74) is 8.61. The maximum Gasteiger partial charge on any atom is 0.297 e. The number of hydrogen-bond acceptors (Lipinski definition) is 35. The number of halogens is 3. The highest BCUT2D eigenvalue weighted by Crippen LogP contribution is 2.26. The van der Waals surface area contributed by atoms with Crippen molar-refractivity contribution in [2.45, 2.75) is 74.0 Å². The molecule has 0 radical (unpaired) electrons. The summed E-state index contributed by atoms with van der Waals surface area (Å²) in [5.74, 6) is -1.05. The molecule has 784 valence electrons. The van der Waals surface area contributed by atoms with Gasteiger partial charge in [-0.2, -0.15) is 25.3 Å². The largest absolute Gasteiger partial charge is 0.502 e. The molecule has 0 aliphatic carbocycles.